The SMILES string of the molecule is OCCNC[C@H]1CC[C@@H]2[C@H](O1)c1cc(C(F)(F)F)ccc1N[C@H]2c1ccc(F)cc1. The number of halogens is 4. The third kappa shape index (κ3) is 4.31. The van der Waals surface area contributed by atoms with Crippen molar-refractivity contribution >= 4 is 5.69 Å². The van der Waals surface area contributed by atoms with Gasteiger partial charge in [-0.25, -0.2) is 4.39 Å². The molecule has 30 heavy (non-hydrogen) atoms. The number of aliphatic hydroxyl groups excluding tert-OH is 1. The summed E-state index contributed by atoms with van der Waals surface area (Å²) in [6.45, 7) is 0.961. The molecule has 0 radical (unpaired) electrons. The Balaban J connectivity index is 1.67. The molecule has 162 valence electrons. The molecule has 0 unspecified atom stereocenters. The van der Waals surface area contributed by atoms with Crippen molar-refractivity contribution < 1.29 is 27.4 Å². The first kappa shape index (κ1) is 21.1. The summed E-state index contributed by atoms with van der Waals surface area (Å²) in [4.78, 5) is 0. The normalized spacial score (nSPS) is 25.9. The van der Waals surface area contributed by atoms with Crippen LogP contribution < -0.4 is 10.6 Å². The van der Waals surface area contributed by atoms with Crippen molar-refractivity contribution in [3.8, 4) is 0 Å². The van der Waals surface area contributed by atoms with Crippen LogP contribution in [-0.4, -0.2) is 30.9 Å². The van der Waals surface area contributed by atoms with Crippen molar-refractivity contribution in [3.05, 3.63) is 65.0 Å². The van der Waals surface area contributed by atoms with E-state index >= 15 is 0 Å². The molecule has 3 N–H and O–H groups in total. The van der Waals surface area contributed by atoms with Crippen molar-refractivity contribution in [2.45, 2.75) is 37.3 Å². The Morgan fingerprint density at radius 2 is 1.87 bits per heavy atom. The largest absolute Gasteiger partial charge is 0.416 e. The number of aliphatic hydroxyl groups is 1. The van der Waals surface area contributed by atoms with E-state index in [1.54, 1.807) is 12.1 Å². The Morgan fingerprint density at radius 3 is 2.57 bits per heavy atom. The van der Waals surface area contributed by atoms with Gasteiger partial charge in [-0.3, -0.25) is 0 Å². The monoisotopic (exact) mass is 424 g/mol. The Labute approximate surface area is 172 Å². The van der Waals surface area contributed by atoms with Crippen molar-refractivity contribution in [1.82, 2.24) is 5.32 Å². The van der Waals surface area contributed by atoms with Gasteiger partial charge >= 0.3 is 6.18 Å². The second kappa shape index (κ2) is 8.53. The van der Waals surface area contributed by atoms with Gasteiger partial charge in [0.1, 0.15) is 5.82 Å². The molecule has 1 fully saturated rings. The van der Waals surface area contributed by atoms with Gasteiger partial charge in [-0.15, -0.1) is 0 Å². The summed E-state index contributed by atoms with van der Waals surface area (Å²) >= 11 is 0. The Bertz CT molecular complexity index is 872. The molecule has 0 spiro atoms. The number of rotatable bonds is 5. The molecule has 0 amide bonds. The molecule has 0 saturated carbocycles. The zero-order valence-electron chi connectivity index (χ0n) is 16.3. The Morgan fingerprint density at radius 1 is 1.10 bits per heavy atom. The smallest absolute Gasteiger partial charge is 0.395 e. The lowest BCUT2D eigenvalue weighted by Crippen LogP contribution is -2.42. The maximum absolute atomic E-state index is 13.4. The van der Waals surface area contributed by atoms with Gasteiger partial charge in [0.2, 0.25) is 0 Å². The molecule has 2 aliphatic rings. The second-order valence-electron chi connectivity index (χ2n) is 7.82. The van der Waals surface area contributed by atoms with Crippen molar-refractivity contribution in [2.24, 2.45) is 5.92 Å². The average molecular weight is 424 g/mol. The molecule has 8 heteroatoms. The molecule has 4 atom stereocenters. The molecular weight excluding hydrogens is 400 g/mol. The van der Waals surface area contributed by atoms with Gasteiger partial charge < -0.3 is 20.5 Å². The average Bonchev–Trinajstić information content (AvgIpc) is 2.73. The first-order valence-corrected chi connectivity index (χ1v) is 10.1. The van der Waals surface area contributed by atoms with E-state index in [9.17, 15) is 17.6 Å². The van der Waals surface area contributed by atoms with Crippen LogP contribution in [0.3, 0.4) is 0 Å². The van der Waals surface area contributed by atoms with Crippen LogP contribution in [0.4, 0.5) is 23.2 Å². The van der Waals surface area contributed by atoms with Gasteiger partial charge in [-0.2, -0.15) is 13.2 Å². The molecule has 0 bridgehead atoms. The predicted octanol–water partition coefficient (Wildman–Crippen LogP) is 4.43. The standard InChI is InChI=1S/C22H24F4N2O2/c23-15-4-1-13(2-5-15)20-17-7-6-16(12-27-9-10-29)30-21(17)18-11-14(22(24,25)26)3-8-19(18)28-20/h1-5,8,11,16-17,20-21,27-29H,6-7,9-10,12H2/t16-,17+,20+,21+/m1/s1. The van der Waals surface area contributed by atoms with Gasteiger partial charge in [0.25, 0.3) is 0 Å². The van der Waals surface area contributed by atoms with Crippen LogP contribution in [0.5, 0.6) is 0 Å². The van der Waals surface area contributed by atoms with Crippen molar-refractivity contribution in [1.29, 1.82) is 0 Å². The number of anilines is 1. The highest BCUT2D eigenvalue weighted by atomic mass is 19.4. The number of hydrogen-bond acceptors (Lipinski definition) is 4. The molecule has 1 saturated heterocycles. The number of benzene rings is 2. The summed E-state index contributed by atoms with van der Waals surface area (Å²) in [5, 5.41) is 15.4. The zero-order chi connectivity index (χ0) is 21.3. The summed E-state index contributed by atoms with van der Waals surface area (Å²) in [5.41, 5.74) is 1.27. The quantitative estimate of drug-likeness (QED) is 0.491. The number of hydrogen-bond donors (Lipinski definition) is 3. The molecule has 4 rings (SSSR count). The molecule has 2 heterocycles. The predicted molar refractivity (Wildman–Crippen MR) is 105 cm³/mol. The molecule has 0 aromatic heterocycles. The molecule has 4 nitrogen and oxygen atoms in total. The third-order valence-corrected chi connectivity index (χ3v) is 5.86. The van der Waals surface area contributed by atoms with E-state index < -0.39 is 17.8 Å². The number of nitrogens with one attached hydrogen (secondary N) is 2. The van der Waals surface area contributed by atoms with E-state index in [4.69, 9.17) is 9.84 Å². The number of alkyl halides is 3. The van der Waals surface area contributed by atoms with E-state index in [1.807, 2.05) is 0 Å². The molecule has 2 aromatic rings. The minimum atomic E-state index is -4.44. The summed E-state index contributed by atoms with van der Waals surface area (Å²) in [7, 11) is 0. The molecule has 2 aliphatic heterocycles. The van der Waals surface area contributed by atoms with E-state index in [2.05, 4.69) is 10.6 Å². The van der Waals surface area contributed by atoms with Crippen LogP contribution in [-0.2, 0) is 10.9 Å². The van der Waals surface area contributed by atoms with Crippen LogP contribution in [0.1, 0.15) is 41.7 Å². The van der Waals surface area contributed by atoms with E-state index in [-0.39, 0.29) is 30.5 Å². The topological polar surface area (TPSA) is 53.5 Å². The first-order valence-electron chi connectivity index (χ1n) is 10.1. The Hall–Kier alpha value is -2.16. The van der Waals surface area contributed by atoms with Crippen LogP contribution in [0.2, 0.25) is 0 Å². The summed E-state index contributed by atoms with van der Waals surface area (Å²) in [6.07, 6.45) is -3.61. The van der Waals surface area contributed by atoms with E-state index in [0.29, 0.717) is 24.3 Å². The van der Waals surface area contributed by atoms with Crippen molar-refractivity contribution in [3.63, 3.8) is 0 Å². The summed E-state index contributed by atoms with van der Waals surface area (Å²) in [5.74, 6) is -0.420. The number of ether oxygens (including phenoxy) is 1. The van der Waals surface area contributed by atoms with Crippen LogP contribution in [0.15, 0.2) is 42.5 Å². The summed E-state index contributed by atoms with van der Waals surface area (Å²) < 4.78 is 59.6. The van der Waals surface area contributed by atoms with Crippen LogP contribution in [0, 0.1) is 11.7 Å². The molecular formula is C22H24F4N2O2. The van der Waals surface area contributed by atoms with Crippen LogP contribution >= 0.6 is 0 Å². The highest BCUT2D eigenvalue weighted by Gasteiger charge is 2.43. The molecule has 2 aromatic carbocycles. The lowest BCUT2D eigenvalue weighted by molar-refractivity contribution is -0.138. The minimum Gasteiger partial charge on any atom is -0.395 e. The molecule has 0 aliphatic carbocycles. The van der Waals surface area contributed by atoms with Gasteiger partial charge in [0, 0.05) is 30.3 Å². The summed E-state index contributed by atoms with van der Waals surface area (Å²) in [6, 6.07) is 9.68. The van der Waals surface area contributed by atoms with Crippen LogP contribution in [0.25, 0.3) is 0 Å². The zero-order valence-corrected chi connectivity index (χ0v) is 16.3. The lowest BCUT2D eigenvalue weighted by atomic mass is 9.76. The first-order chi connectivity index (χ1) is 14.4. The third-order valence-electron chi connectivity index (χ3n) is 5.86. The maximum atomic E-state index is 13.4. The van der Waals surface area contributed by atoms with E-state index in [1.165, 1.54) is 24.3 Å². The minimum absolute atomic E-state index is 0.00705. The lowest BCUT2D eigenvalue weighted by Gasteiger charge is -2.46. The van der Waals surface area contributed by atoms with Gasteiger partial charge in [-0.05, 0) is 48.7 Å². The second-order valence-corrected chi connectivity index (χ2v) is 7.82. The van der Waals surface area contributed by atoms with Crippen molar-refractivity contribution in [2.75, 3.05) is 25.0 Å². The fourth-order valence-electron chi connectivity index (χ4n) is 4.42. The van der Waals surface area contributed by atoms with Gasteiger partial charge in [0.05, 0.1) is 30.4 Å². The fraction of sp³-hybridized carbons (Fsp3) is 0.455. The number of fused-ring (bicyclic) bond motifs is 3. The highest BCUT2D eigenvalue weighted by Crippen LogP contribution is 2.51. The van der Waals surface area contributed by atoms with Gasteiger partial charge in [0.15, 0.2) is 0 Å². The fourth-order valence-corrected chi connectivity index (χ4v) is 4.42. The Kier molecular flexibility index (Phi) is 5.99. The van der Waals surface area contributed by atoms with E-state index in [0.717, 1.165) is 24.5 Å². The highest BCUT2D eigenvalue weighted by molar-refractivity contribution is 5.58. The maximum Gasteiger partial charge on any atom is 0.416 e. The van der Waals surface area contributed by atoms with Gasteiger partial charge in [-0.1, -0.05) is 12.1 Å².